The van der Waals surface area contributed by atoms with E-state index >= 15 is 0 Å². The molecule has 0 radical (unpaired) electrons. The molecular weight excluding hydrogens is 497 g/mol. The van der Waals surface area contributed by atoms with Crippen molar-refractivity contribution in [3.63, 3.8) is 0 Å². The number of hydrogen-bond donors (Lipinski definition) is 2. The Kier molecular flexibility index (Phi) is 7.04. The van der Waals surface area contributed by atoms with Gasteiger partial charge in [0.05, 0.1) is 36.4 Å². The van der Waals surface area contributed by atoms with Gasteiger partial charge in [-0.3, -0.25) is 9.59 Å². The van der Waals surface area contributed by atoms with Crippen molar-refractivity contribution in [3.8, 4) is 11.5 Å². The van der Waals surface area contributed by atoms with Crippen molar-refractivity contribution in [2.24, 2.45) is 0 Å². The zero-order valence-corrected chi connectivity index (χ0v) is 20.6. The Morgan fingerprint density at radius 3 is 2.53 bits per heavy atom. The second-order valence-electron chi connectivity index (χ2n) is 8.52. The highest BCUT2D eigenvalue weighted by Crippen LogP contribution is 2.46. The predicted octanol–water partition coefficient (Wildman–Crippen LogP) is 5.98. The van der Waals surface area contributed by atoms with Gasteiger partial charge in [0.15, 0.2) is 5.78 Å². The third-order valence-electron chi connectivity index (χ3n) is 6.31. The lowest BCUT2D eigenvalue weighted by Crippen LogP contribution is -2.35. The third kappa shape index (κ3) is 4.80. The van der Waals surface area contributed by atoms with Crippen LogP contribution in [0.1, 0.15) is 43.2 Å². The number of halogens is 4. The van der Waals surface area contributed by atoms with E-state index < -0.39 is 23.6 Å². The Morgan fingerprint density at radius 1 is 1.11 bits per heavy atom. The van der Waals surface area contributed by atoms with Gasteiger partial charge in [0.25, 0.3) is 5.91 Å². The van der Waals surface area contributed by atoms with Gasteiger partial charge in [0, 0.05) is 40.6 Å². The molecule has 4 rings (SSSR count). The van der Waals surface area contributed by atoms with Crippen molar-refractivity contribution in [1.29, 1.82) is 0 Å². The van der Waals surface area contributed by atoms with Crippen molar-refractivity contribution < 1.29 is 32.2 Å². The molecule has 1 aliphatic carbocycles. The number of ether oxygens (including phenoxy) is 2. The van der Waals surface area contributed by atoms with Crippen LogP contribution in [0.3, 0.4) is 0 Å². The number of nitrogens with one attached hydrogen (secondary N) is 2. The molecule has 2 aliphatic rings. The normalized spacial score (nSPS) is 18.0. The number of anilines is 1. The lowest BCUT2D eigenvalue weighted by molar-refractivity contribution is -0.137. The first kappa shape index (κ1) is 25.6. The average Bonchev–Trinajstić information content (AvgIpc) is 2.83. The molecule has 0 saturated carbocycles. The smallest absolute Gasteiger partial charge is 0.416 e. The molecule has 2 aromatic carbocycles. The van der Waals surface area contributed by atoms with E-state index in [0.717, 1.165) is 23.9 Å². The average molecular weight is 521 g/mol. The van der Waals surface area contributed by atoms with Crippen LogP contribution in [-0.2, 0) is 15.8 Å². The highest BCUT2D eigenvalue weighted by molar-refractivity contribution is 6.34. The summed E-state index contributed by atoms with van der Waals surface area (Å²) in [6.07, 6.45) is -2.99. The second kappa shape index (κ2) is 9.89. The number of hydrogen-bond acceptors (Lipinski definition) is 5. The number of alkyl halides is 3. The number of carbonyl (C=O) groups is 2. The molecule has 0 spiro atoms. The standard InChI is InChI=1S/C26H24ClF3N2O4/c1-13-22(25(34)32-19-11-14(26(28,29)30)7-10-17(19)27)23(24-18(31-13)5-4-6-20(24)33)16-9-8-15(35-2)12-21(16)36-3/h7-12,23,31H,4-6H2,1-3H3,(H,32,34). The number of carbonyl (C=O) groups excluding carboxylic acids is 2. The summed E-state index contributed by atoms with van der Waals surface area (Å²) < 4.78 is 50.7. The first-order valence-corrected chi connectivity index (χ1v) is 11.6. The van der Waals surface area contributed by atoms with Gasteiger partial charge in [-0.05, 0) is 44.0 Å². The van der Waals surface area contributed by atoms with E-state index in [1.54, 1.807) is 25.1 Å². The number of dihydropyridines is 1. The van der Waals surface area contributed by atoms with Gasteiger partial charge in [-0.1, -0.05) is 17.7 Å². The monoisotopic (exact) mass is 520 g/mol. The number of rotatable bonds is 5. The van der Waals surface area contributed by atoms with Crippen LogP contribution in [0, 0.1) is 0 Å². The second-order valence-corrected chi connectivity index (χ2v) is 8.93. The predicted molar refractivity (Wildman–Crippen MR) is 129 cm³/mol. The van der Waals surface area contributed by atoms with Crippen molar-refractivity contribution in [2.45, 2.75) is 38.3 Å². The van der Waals surface area contributed by atoms with Crippen molar-refractivity contribution in [1.82, 2.24) is 5.32 Å². The van der Waals surface area contributed by atoms with Gasteiger partial charge < -0.3 is 20.1 Å². The summed E-state index contributed by atoms with van der Waals surface area (Å²) in [6, 6.07) is 7.77. The van der Waals surface area contributed by atoms with Crippen LogP contribution in [-0.4, -0.2) is 25.9 Å². The fourth-order valence-electron chi connectivity index (χ4n) is 4.64. The van der Waals surface area contributed by atoms with Crippen molar-refractivity contribution in [2.75, 3.05) is 19.5 Å². The Hall–Kier alpha value is -3.46. The lowest BCUT2D eigenvalue weighted by Gasteiger charge is -2.35. The van der Waals surface area contributed by atoms with E-state index in [1.165, 1.54) is 14.2 Å². The summed E-state index contributed by atoms with van der Waals surface area (Å²) in [5.41, 5.74) is 1.24. The fraction of sp³-hybridized carbons (Fsp3) is 0.308. The molecule has 0 bridgehead atoms. The molecule has 6 nitrogen and oxygen atoms in total. The zero-order chi connectivity index (χ0) is 26.2. The maximum absolute atomic E-state index is 13.6. The fourth-order valence-corrected chi connectivity index (χ4v) is 4.80. The molecule has 0 fully saturated rings. The van der Waals surface area contributed by atoms with Crippen molar-refractivity contribution in [3.05, 3.63) is 75.1 Å². The van der Waals surface area contributed by atoms with Crippen LogP contribution in [0.15, 0.2) is 58.9 Å². The van der Waals surface area contributed by atoms with E-state index in [4.69, 9.17) is 21.1 Å². The first-order valence-electron chi connectivity index (χ1n) is 11.2. The highest BCUT2D eigenvalue weighted by Gasteiger charge is 2.40. The van der Waals surface area contributed by atoms with Crippen LogP contribution in [0.5, 0.6) is 11.5 Å². The summed E-state index contributed by atoms with van der Waals surface area (Å²) in [7, 11) is 2.97. The number of allylic oxidation sites excluding steroid dienone is 3. The molecule has 2 N–H and O–H groups in total. The Labute approximate surface area is 211 Å². The number of amides is 1. The third-order valence-corrected chi connectivity index (χ3v) is 6.64. The maximum Gasteiger partial charge on any atom is 0.416 e. The molecule has 36 heavy (non-hydrogen) atoms. The molecule has 1 aliphatic heterocycles. The van der Waals surface area contributed by atoms with Crippen LogP contribution >= 0.6 is 11.6 Å². The SMILES string of the molecule is COc1ccc(C2C(C(=O)Nc3cc(C(F)(F)F)ccc3Cl)=C(C)NC3=C2C(=O)CCC3)c(OC)c1. The number of Topliss-reactive ketones (excluding diaryl/α,β-unsaturated/α-hetero) is 1. The molecule has 10 heteroatoms. The molecule has 1 unspecified atom stereocenters. The summed E-state index contributed by atoms with van der Waals surface area (Å²) in [5, 5.41) is 5.65. The van der Waals surface area contributed by atoms with Crippen LogP contribution < -0.4 is 20.1 Å². The lowest BCUT2D eigenvalue weighted by atomic mass is 9.74. The summed E-state index contributed by atoms with van der Waals surface area (Å²) in [4.78, 5) is 26.7. The molecule has 2 aromatic rings. The summed E-state index contributed by atoms with van der Waals surface area (Å²) in [6.45, 7) is 1.69. The van der Waals surface area contributed by atoms with Crippen LogP contribution in [0.25, 0.3) is 0 Å². The topological polar surface area (TPSA) is 76.7 Å². The Balaban J connectivity index is 1.83. The van der Waals surface area contributed by atoms with Gasteiger partial charge in [0.2, 0.25) is 0 Å². The van der Waals surface area contributed by atoms with E-state index in [-0.39, 0.29) is 22.1 Å². The van der Waals surface area contributed by atoms with E-state index in [0.29, 0.717) is 47.6 Å². The number of methoxy groups -OCH3 is 2. The minimum atomic E-state index is -4.61. The van der Waals surface area contributed by atoms with Crippen molar-refractivity contribution >= 4 is 29.0 Å². The molecule has 0 saturated heterocycles. The van der Waals surface area contributed by atoms with Gasteiger partial charge in [0.1, 0.15) is 11.5 Å². The largest absolute Gasteiger partial charge is 0.497 e. The molecule has 190 valence electrons. The van der Waals surface area contributed by atoms with Gasteiger partial charge in [-0.25, -0.2) is 0 Å². The highest BCUT2D eigenvalue weighted by atomic mass is 35.5. The van der Waals surface area contributed by atoms with Gasteiger partial charge >= 0.3 is 6.18 Å². The van der Waals surface area contributed by atoms with Crippen LogP contribution in [0.2, 0.25) is 5.02 Å². The minimum absolute atomic E-state index is 0.0504. The Morgan fingerprint density at radius 2 is 1.86 bits per heavy atom. The van der Waals surface area contributed by atoms with E-state index in [2.05, 4.69) is 10.6 Å². The summed E-state index contributed by atoms with van der Waals surface area (Å²) >= 11 is 6.12. The molecule has 1 atom stereocenters. The quantitative estimate of drug-likeness (QED) is 0.507. The zero-order valence-electron chi connectivity index (χ0n) is 19.8. The van der Waals surface area contributed by atoms with Crippen LogP contribution in [0.4, 0.5) is 18.9 Å². The van der Waals surface area contributed by atoms with Gasteiger partial charge in [-0.2, -0.15) is 13.2 Å². The first-order chi connectivity index (χ1) is 17.0. The summed E-state index contributed by atoms with van der Waals surface area (Å²) in [5.74, 6) is -0.673. The van der Waals surface area contributed by atoms with E-state index in [1.807, 2.05) is 0 Å². The maximum atomic E-state index is 13.6. The molecule has 0 aromatic heterocycles. The number of benzene rings is 2. The number of ketones is 1. The van der Waals surface area contributed by atoms with Gasteiger partial charge in [-0.15, -0.1) is 0 Å². The van der Waals surface area contributed by atoms with E-state index in [9.17, 15) is 22.8 Å². The molecule has 1 heterocycles. The Bertz CT molecular complexity index is 1300. The molecular formula is C26H24ClF3N2O4. The molecule has 1 amide bonds. The minimum Gasteiger partial charge on any atom is -0.497 e.